The van der Waals surface area contributed by atoms with Gasteiger partial charge in [-0.1, -0.05) is 26.8 Å². The van der Waals surface area contributed by atoms with Crippen LogP contribution in [-0.2, 0) is 11.0 Å². The van der Waals surface area contributed by atoms with Crippen molar-refractivity contribution in [3.63, 3.8) is 0 Å². The Morgan fingerprint density at radius 2 is 1.82 bits per heavy atom. The van der Waals surface area contributed by atoms with Crippen LogP contribution in [0.5, 0.6) is 6.01 Å². The van der Waals surface area contributed by atoms with Crippen LogP contribution >= 0.6 is 0 Å². The molecule has 0 bridgehead atoms. The quantitative estimate of drug-likeness (QED) is 0.598. The summed E-state index contributed by atoms with van der Waals surface area (Å²) in [5.74, 6) is -3.33. The van der Waals surface area contributed by atoms with Crippen LogP contribution in [0.25, 0.3) is 11.3 Å². The number of pyridine rings is 1. The second-order valence-corrected chi connectivity index (χ2v) is 13.6. The third-order valence-corrected chi connectivity index (χ3v) is 9.97. The van der Waals surface area contributed by atoms with Crippen LogP contribution in [0.1, 0.15) is 32.9 Å². The zero-order chi connectivity index (χ0) is 20.6. The SMILES string of the molecule is CC(C)(C)[Si](C)(C)OCc1cccc(-c2cnc(OC[C@H]3CC3(F)F)nc2)n1. The maximum Gasteiger partial charge on any atom is 0.316 e. The zero-order valence-electron chi connectivity index (χ0n) is 17.0. The molecule has 0 saturated heterocycles. The number of hydrogen-bond donors (Lipinski definition) is 0. The molecule has 1 aliphatic carbocycles. The van der Waals surface area contributed by atoms with E-state index in [1.54, 1.807) is 12.4 Å². The van der Waals surface area contributed by atoms with Crippen molar-refractivity contribution in [2.45, 2.75) is 57.9 Å². The molecule has 0 aliphatic heterocycles. The molecule has 0 unspecified atom stereocenters. The molecule has 2 aromatic heterocycles. The molecule has 0 amide bonds. The lowest BCUT2D eigenvalue weighted by molar-refractivity contribution is 0.0842. The molecule has 1 saturated carbocycles. The van der Waals surface area contributed by atoms with E-state index >= 15 is 0 Å². The smallest absolute Gasteiger partial charge is 0.316 e. The molecule has 1 aliphatic rings. The predicted octanol–water partition coefficient (Wildman–Crippen LogP) is 5.09. The lowest BCUT2D eigenvalue weighted by atomic mass is 10.2. The monoisotopic (exact) mass is 407 g/mol. The van der Waals surface area contributed by atoms with Gasteiger partial charge in [-0.25, -0.2) is 18.7 Å². The summed E-state index contributed by atoms with van der Waals surface area (Å²) in [6.45, 7) is 11.4. The summed E-state index contributed by atoms with van der Waals surface area (Å²) in [4.78, 5) is 12.9. The van der Waals surface area contributed by atoms with Crippen molar-refractivity contribution in [1.29, 1.82) is 0 Å². The summed E-state index contributed by atoms with van der Waals surface area (Å²) in [6.07, 6.45) is 3.06. The first-order chi connectivity index (χ1) is 13.0. The predicted molar refractivity (Wildman–Crippen MR) is 106 cm³/mol. The highest BCUT2D eigenvalue weighted by Gasteiger charge is 2.57. The fraction of sp³-hybridized carbons (Fsp3) is 0.550. The van der Waals surface area contributed by atoms with E-state index in [1.807, 2.05) is 18.2 Å². The number of alkyl halides is 2. The summed E-state index contributed by atoms with van der Waals surface area (Å²) in [6, 6.07) is 5.83. The summed E-state index contributed by atoms with van der Waals surface area (Å²) in [5.41, 5.74) is 2.31. The van der Waals surface area contributed by atoms with Gasteiger partial charge in [-0.15, -0.1) is 0 Å². The number of ether oxygens (including phenoxy) is 1. The highest BCUT2D eigenvalue weighted by atomic mass is 28.4. The molecule has 1 fully saturated rings. The Hall–Kier alpha value is -1.93. The first-order valence-corrected chi connectivity index (χ1v) is 12.3. The van der Waals surface area contributed by atoms with Gasteiger partial charge in [0.05, 0.1) is 23.9 Å². The molecular weight excluding hydrogens is 380 g/mol. The van der Waals surface area contributed by atoms with Crippen LogP contribution in [0.4, 0.5) is 8.78 Å². The fourth-order valence-corrected chi connectivity index (χ4v) is 3.28. The molecular formula is C20H27F2N3O2Si. The molecule has 0 aromatic carbocycles. The lowest BCUT2D eigenvalue weighted by Crippen LogP contribution is -2.40. The largest absolute Gasteiger partial charge is 0.463 e. The van der Waals surface area contributed by atoms with Gasteiger partial charge in [-0.3, -0.25) is 4.98 Å². The second-order valence-electron chi connectivity index (χ2n) is 8.79. The van der Waals surface area contributed by atoms with Gasteiger partial charge in [0.1, 0.15) is 6.61 Å². The van der Waals surface area contributed by atoms with Crippen molar-refractivity contribution in [2.24, 2.45) is 5.92 Å². The van der Waals surface area contributed by atoms with Crippen molar-refractivity contribution < 1.29 is 17.9 Å². The van der Waals surface area contributed by atoms with Crippen molar-refractivity contribution in [3.05, 3.63) is 36.3 Å². The van der Waals surface area contributed by atoms with Crippen molar-refractivity contribution >= 4 is 8.32 Å². The Balaban J connectivity index is 1.62. The van der Waals surface area contributed by atoms with Gasteiger partial charge in [0.25, 0.3) is 5.92 Å². The molecule has 28 heavy (non-hydrogen) atoms. The second kappa shape index (κ2) is 7.48. The van der Waals surface area contributed by atoms with E-state index in [2.05, 4.69) is 48.8 Å². The molecule has 0 spiro atoms. The highest BCUT2D eigenvalue weighted by Crippen LogP contribution is 2.48. The topological polar surface area (TPSA) is 57.1 Å². The van der Waals surface area contributed by atoms with E-state index < -0.39 is 20.2 Å². The van der Waals surface area contributed by atoms with Gasteiger partial charge in [0.15, 0.2) is 8.32 Å². The van der Waals surface area contributed by atoms with Gasteiger partial charge in [-0.2, -0.15) is 0 Å². The van der Waals surface area contributed by atoms with Gasteiger partial charge in [0, 0.05) is 24.4 Å². The maximum absolute atomic E-state index is 12.9. The van der Waals surface area contributed by atoms with Gasteiger partial charge in [0.2, 0.25) is 0 Å². The van der Waals surface area contributed by atoms with E-state index in [1.165, 1.54) is 0 Å². The maximum atomic E-state index is 12.9. The minimum atomic E-state index is -2.60. The molecule has 0 radical (unpaired) electrons. The molecule has 0 N–H and O–H groups in total. The van der Waals surface area contributed by atoms with Crippen LogP contribution in [0, 0.1) is 5.92 Å². The normalized spacial score (nSPS) is 18.8. The summed E-state index contributed by atoms with van der Waals surface area (Å²) in [7, 11) is -1.85. The average Bonchev–Trinajstić information content (AvgIpc) is 3.25. The summed E-state index contributed by atoms with van der Waals surface area (Å²) in [5, 5.41) is 0.138. The van der Waals surface area contributed by atoms with Crippen LogP contribution in [0.3, 0.4) is 0 Å². The highest BCUT2D eigenvalue weighted by molar-refractivity contribution is 6.74. The molecule has 5 nitrogen and oxygen atoms in total. The van der Waals surface area contributed by atoms with Crippen LogP contribution < -0.4 is 4.74 Å². The Kier molecular flexibility index (Phi) is 5.55. The first-order valence-electron chi connectivity index (χ1n) is 9.41. The van der Waals surface area contributed by atoms with Gasteiger partial charge >= 0.3 is 6.01 Å². The molecule has 2 heterocycles. The molecule has 2 aromatic rings. The van der Waals surface area contributed by atoms with E-state index in [4.69, 9.17) is 9.16 Å². The van der Waals surface area contributed by atoms with Crippen molar-refractivity contribution in [1.82, 2.24) is 15.0 Å². The third kappa shape index (κ3) is 4.91. The molecule has 152 valence electrons. The molecule has 1 atom stereocenters. The fourth-order valence-electron chi connectivity index (χ4n) is 2.34. The van der Waals surface area contributed by atoms with Gasteiger partial charge in [-0.05, 0) is 30.3 Å². The Labute approximate surface area is 165 Å². The van der Waals surface area contributed by atoms with Crippen molar-refractivity contribution in [3.8, 4) is 17.3 Å². The number of halogens is 2. The first kappa shape index (κ1) is 20.8. The minimum Gasteiger partial charge on any atom is -0.463 e. The lowest BCUT2D eigenvalue weighted by Gasteiger charge is -2.36. The Morgan fingerprint density at radius 3 is 2.39 bits per heavy atom. The summed E-state index contributed by atoms with van der Waals surface area (Å²) >= 11 is 0. The Morgan fingerprint density at radius 1 is 1.18 bits per heavy atom. The Bertz CT molecular complexity index is 823. The van der Waals surface area contributed by atoms with Gasteiger partial charge < -0.3 is 9.16 Å². The van der Waals surface area contributed by atoms with Crippen LogP contribution in [-0.4, -0.2) is 35.8 Å². The standard InChI is InChI=1S/C20H27F2N3O2Si/c1-19(2,3)28(4,5)27-13-16-7-6-8-17(25-16)14-10-23-18(24-11-14)26-12-15-9-20(15,21)22/h6-8,10-11,15H,9,12-13H2,1-5H3/t15-/m1/s1. The van der Waals surface area contributed by atoms with Crippen LogP contribution in [0.2, 0.25) is 18.1 Å². The van der Waals surface area contributed by atoms with Crippen molar-refractivity contribution in [2.75, 3.05) is 6.61 Å². The minimum absolute atomic E-state index is 0.0646. The van der Waals surface area contributed by atoms with E-state index in [-0.39, 0.29) is 24.1 Å². The van der Waals surface area contributed by atoms with E-state index in [9.17, 15) is 8.78 Å². The number of aromatic nitrogens is 3. The molecule has 3 rings (SSSR count). The summed E-state index contributed by atoms with van der Waals surface area (Å²) < 4.78 is 37.3. The number of hydrogen-bond acceptors (Lipinski definition) is 5. The average molecular weight is 408 g/mol. The van der Waals surface area contributed by atoms with E-state index in [0.29, 0.717) is 6.61 Å². The van der Waals surface area contributed by atoms with E-state index in [0.717, 1.165) is 17.0 Å². The molecule has 8 heteroatoms. The van der Waals surface area contributed by atoms with Crippen LogP contribution in [0.15, 0.2) is 30.6 Å². The number of nitrogens with zero attached hydrogens (tertiary/aromatic N) is 3. The zero-order valence-corrected chi connectivity index (χ0v) is 18.0. The number of rotatable bonds is 7. The third-order valence-electron chi connectivity index (χ3n) is 5.49.